The minimum atomic E-state index is 0.337. The Hall–Kier alpha value is -1.54. The molecule has 1 aromatic carbocycles. The van der Waals surface area contributed by atoms with Crippen molar-refractivity contribution in [2.45, 2.75) is 19.8 Å². The lowest BCUT2D eigenvalue weighted by Crippen LogP contribution is -1.94. The smallest absolute Gasteiger partial charge is 0.156 e. The molecule has 0 radical (unpaired) electrons. The van der Waals surface area contributed by atoms with Crippen molar-refractivity contribution in [2.75, 3.05) is 0 Å². The molecule has 3 rings (SSSR count). The number of hydrogen-bond donors (Lipinski definition) is 0. The second kappa shape index (κ2) is 3.74. The van der Waals surface area contributed by atoms with E-state index in [0.717, 1.165) is 32.6 Å². The normalized spacial score (nSPS) is 11.8. The molecule has 0 fully saturated rings. The topological polar surface area (TPSA) is 26.0 Å². The van der Waals surface area contributed by atoms with Crippen LogP contribution in [0.25, 0.3) is 21.9 Å². The first-order valence-corrected chi connectivity index (χ1v) is 6.01. The van der Waals surface area contributed by atoms with Crippen molar-refractivity contribution in [3.8, 4) is 0 Å². The van der Waals surface area contributed by atoms with Gasteiger partial charge in [0.1, 0.15) is 0 Å². The average Bonchev–Trinajstić information content (AvgIpc) is 2.76. The van der Waals surface area contributed by atoms with Gasteiger partial charge < -0.3 is 4.42 Å². The second-order valence-electron chi connectivity index (χ2n) is 4.48. The van der Waals surface area contributed by atoms with Gasteiger partial charge >= 0.3 is 0 Å². The molecular formula is C14H12ClNO. The van der Waals surface area contributed by atoms with Gasteiger partial charge in [-0.15, -0.1) is 0 Å². The number of fused-ring (bicyclic) bond motifs is 3. The Kier molecular flexibility index (Phi) is 2.33. The highest BCUT2D eigenvalue weighted by Gasteiger charge is 2.13. The molecule has 0 saturated carbocycles. The van der Waals surface area contributed by atoms with Crippen LogP contribution in [0.15, 0.2) is 34.9 Å². The van der Waals surface area contributed by atoms with Gasteiger partial charge in [-0.3, -0.25) is 0 Å². The summed E-state index contributed by atoms with van der Waals surface area (Å²) in [7, 11) is 0. The summed E-state index contributed by atoms with van der Waals surface area (Å²) < 4.78 is 5.55. The summed E-state index contributed by atoms with van der Waals surface area (Å²) in [5.41, 5.74) is 2.83. The van der Waals surface area contributed by atoms with E-state index < -0.39 is 0 Å². The first-order chi connectivity index (χ1) is 8.16. The fourth-order valence-corrected chi connectivity index (χ4v) is 2.29. The van der Waals surface area contributed by atoms with E-state index in [2.05, 4.69) is 18.8 Å². The monoisotopic (exact) mass is 245 g/mol. The van der Waals surface area contributed by atoms with Crippen LogP contribution in [0.1, 0.15) is 25.5 Å². The van der Waals surface area contributed by atoms with E-state index in [1.165, 1.54) is 0 Å². The molecule has 0 atom stereocenters. The van der Waals surface area contributed by atoms with Crippen LogP contribution in [0.4, 0.5) is 0 Å². The Bertz CT molecular complexity index is 700. The van der Waals surface area contributed by atoms with Crippen molar-refractivity contribution in [1.82, 2.24) is 4.98 Å². The molecule has 0 aliphatic heterocycles. The van der Waals surface area contributed by atoms with Gasteiger partial charge in [0.25, 0.3) is 0 Å². The zero-order chi connectivity index (χ0) is 12.0. The zero-order valence-electron chi connectivity index (χ0n) is 9.70. The Morgan fingerprint density at radius 2 is 2.00 bits per heavy atom. The zero-order valence-corrected chi connectivity index (χ0v) is 10.5. The molecule has 0 saturated heterocycles. The van der Waals surface area contributed by atoms with Crippen LogP contribution in [0.3, 0.4) is 0 Å². The van der Waals surface area contributed by atoms with Gasteiger partial charge in [-0.1, -0.05) is 25.4 Å². The van der Waals surface area contributed by atoms with E-state index in [1.54, 1.807) is 6.26 Å². The number of halogens is 1. The Morgan fingerprint density at radius 3 is 2.76 bits per heavy atom. The first-order valence-electron chi connectivity index (χ1n) is 5.63. The van der Waals surface area contributed by atoms with Gasteiger partial charge in [0, 0.05) is 15.8 Å². The van der Waals surface area contributed by atoms with Gasteiger partial charge in [-0.2, -0.15) is 0 Å². The molecule has 0 unspecified atom stereocenters. The highest BCUT2D eigenvalue weighted by atomic mass is 35.5. The fraction of sp³-hybridized carbons (Fsp3) is 0.214. The predicted molar refractivity (Wildman–Crippen MR) is 70.6 cm³/mol. The van der Waals surface area contributed by atoms with Gasteiger partial charge in [-0.05, 0) is 30.2 Å². The summed E-state index contributed by atoms with van der Waals surface area (Å²) in [5, 5.41) is 2.85. The molecule has 86 valence electrons. The number of hydrogen-bond acceptors (Lipinski definition) is 2. The van der Waals surface area contributed by atoms with Crippen LogP contribution < -0.4 is 0 Å². The number of pyridine rings is 1. The summed E-state index contributed by atoms with van der Waals surface area (Å²) >= 11 is 6.03. The predicted octanol–water partition coefficient (Wildman–Crippen LogP) is 4.76. The minimum absolute atomic E-state index is 0.337. The number of aromatic nitrogens is 1. The molecule has 2 aromatic heterocycles. The molecule has 2 nitrogen and oxygen atoms in total. The molecule has 0 aliphatic carbocycles. The van der Waals surface area contributed by atoms with Crippen LogP contribution in [-0.4, -0.2) is 4.98 Å². The Morgan fingerprint density at radius 1 is 1.18 bits per heavy atom. The number of benzene rings is 1. The summed E-state index contributed by atoms with van der Waals surface area (Å²) in [6.45, 7) is 4.23. The van der Waals surface area contributed by atoms with Gasteiger partial charge in [0.15, 0.2) is 5.58 Å². The van der Waals surface area contributed by atoms with E-state index in [0.29, 0.717) is 5.92 Å². The van der Waals surface area contributed by atoms with Crippen molar-refractivity contribution in [3.63, 3.8) is 0 Å². The quantitative estimate of drug-likeness (QED) is 0.618. The van der Waals surface area contributed by atoms with Crippen LogP contribution >= 0.6 is 11.6 Å². The number of furan rings is 1. The lowest BCUT2D eigenvalue weighted by Gasteiger charge is -2.08. The molecule has 0 N–H and O–H groups in total. The Labute approximate surface area is 104 Å². The highest BCUT2D eigenvalue weighted by Crippen LogP contribution is 2.32. The minimum Gasteiger partial charge on any atom is -0.462 e. The van der Waals surface area contributed by atoms with Crippen LogP contribution in [0, 0.1) is 0 Å². The SMILES string of the molecule is CC(C)c1nc2ccc(Cl)cc2c2ccoc12. The van der Waals surface area contributed by atoms with Crippen LogP contribution in [0.5, 0.6) is 0 Å². The van der Waals surface area contributed by atoms with Gasteiger partial charge in [0.2, 0.25) is 0 Å². The fourth-order valence-electron chi connectivity index (χ4n) is 2.11. The lowest BCUT2D eigenvalue weighted by atomic mass is 10.0. The van der Waals surface area contributed by atoms with Crippen LogP contribution in [-0.2, 0) is 0 Å². The summed E-state index contributed by atoms with van der Waals surface area (Å²) in [4.78, 5) is 4.66. The summed E-state index contributed by atoms with van der Waals surface area (Å²) in [6, 6.07) is 7.73. The van der Waals surface area contributed by atoms with E-state index >= 15 is 0 Å². The summed E-state index contributed by atoms with van der Waals surface area (Å²) in [5.74, 6) is 0.337. The van der Waals surface area contributed by atoms with Crippen molar-refractivity contribution < 1.29 is 4.42 Å². The molecule has 0 bridgehead atoms. The molecule has 2 heterocycles. The van der Waals surface area contributed by atoms with Crippen LogP contribution in [0.2, 0.25) is 5.02 Å². The van der Waals surface area contributed by atoms with E-state index in [9.17, 15) is 0 Å². The maximum atomic E-state index is 6.03. The van der Waals surface area contributed by atoms with E-state index in [1.807, 2.05) is 24.3 Å². The second-order valence-corrected chi connectivity index (χ2v) is 4.91. The van der Waals surface area contributed by atoms with E-state index in [4.69, 9.17) is 16.0 Å². The van der Waals surface area contributed by atoms with Gasteiger partial charge in [-0.25, -0.2) is 4.98 Å². The molecule has 3 heteroatoms. The third-order valence-corrected chi connectivity index (χ3v) is 3.17. The number of nitrogens with zero attached hydrogens (tertiary/aromatic N) is 1. The van der Waals surface area contributed by atoms with Crippen molar-refractivity contribution >= 4 is 33.5 Å². The Balaban J connectivity index is 2.51. The van der Waals surface area contributed by atoms with E-state index in [-0.39, 0.29) is 0 Å². The molecule has 0 amide bonds. The molecule has 0 spiro atoms. The molecular weight excluding hydrogens is 234 g/mol. The van der Waals surface area contributed by atoms with Crippen molar-refractivity contribution in [3.05, 3.63) is 41.2 Å². The summed E-state index contributed by atoms with van der Waals surface area (Å²) in [6.07, 6.45) is 1.71. The molecule has 17 heavy (non-hydrogen) atoms. The maximum Gasteiger partial charge on any atom is 0.156 e. The van der Waals surface area contributed by atoms with Crippen molar-refractivity contribution in [1.29, 1.82) is 0 Å². The van der Waals surface area contributed by atoms with Crippen molar-refractivity contribution in [2.24, 2.45) is 0 Å². The third-order valence-electron chi connectivity index (χ3n) is 2.93. The average molecular weight is 246 g/mol. The standard InChI is InChI=1S/C14H12ClNO/c1-8(2)13-14-10(5-6-17-14)11-7-9(15)3-4-12(11)16-13/h3-8H,1-2H3. The first kappa shape index (κ1) is 10.6. The molecule has 0 aliphatic rings. The maximum absolute atomic E-state index is 6.03. The van der Waals surface area contributed by atoms with Gasteiger partial charge in [0.05, 0.1) is 17.5 Å². The number of rotatable bonds is 1. The molecule has 3 aromatic rings. The largest absolute Gasteiger partial charge is 0.462 e. The third kappa shape index (κ3) is 1.60. The lowest BCUT2D eigenvalue weighted by molar-refractivity contribution is 0.603. The highest BCUT2D eigenvalue weighted by molar-refractivity contribution is 6.31.